The summed E-state index contributed by atoms with van der Waals surface area (Å²) >= 11 is 0. The number of carbonyl (C=O) groups is 2. The summed E-state index contributed by atoms with van der Waals surface area (Å²) in [5.41, 5.74) is 4.95. The average molecular weight is 495 g/mol. The molecule has 1 aliphatic rings. The Kier molecular flexibility index (Phi) is 6.34. The number of nitrogens with zero attached hydrogens (tertiary/aromatic N) is 2. The summed E-state index contributed by atoms with van der Waals surface area (Å²) < 4.78 is 5.84. The van der Waals surface area contributed by atoms with Crippen LogP contribution in [0.4, 0.5) is 11.4 Å². The van der Waals surface area contributed by atoms with E-state index in [9.17, 15) is 14.7 Å². The van der Waals surface area contributed by atoms with Gasteiger partial charge in [-0.1, -0.05) is 36.4 Å². The minimum Gasteiger partial charge on any atom is -0.503 e. The monoisotopic (exact) mass is 494 g/mol. The first-order chi connectivity index (χ1) is 17.8. The van der Waals surface area contributed by atoms with Crippen molar-refractivity contribution < 1.29 is 19.1 Å². The Labute approximate surface area is 216 Å². The lowest BCUT2D eigenvalue weighted by Gasteiger charge is -2.28. The van der Waals surface area contributed by atoms with Crippen LogP contribution in [-0.2, 0) is 4.79 Å². The number of Topliss-reactive ketones (excluding diaryl/α,β-unsaturated/α-hetero) is 1. The summed E-state index contributed by atoms with van der Waals surface area (Å²) in [5.74, 6) is -1.58. The number of aliphatic hydroxyl groups is 1. The lowest BCUT2D eigenvalue weighted by Crippen LogP contribution is -2.31. The van der Waals surface area contributed by atoms with Crippen LogP contribution in [0.25, 0.3) is 11.0 Å². The maximum absolute atomic E-state index is 13.8. The molecule has 1 atom stereocenters. The number of furan rings is 1. The van der Waals surface area contributed by atoms with Crippen molar-refractivity contribution in [2.75, 3.05) is 22.9 Å². The molecule has 1 aliphatic heterocycles. The Morgan fingerprint density at radius 1 is 0.946 bits per heavy atom. The van der Waals surface area contributed by atoms with E-state index in [2.05, 4.69) is 18.7 Å². The van der Waals surface area contributed by atoms with Crippen LogP contribution in [0.1, 0.15) is 47.1 Å². The van der Waals surface area contributed by atoms with E-state index in [0.717, 1.165) is 40.9 Å². The van der Waals surface area contributed by atoms with Crippen molar-refractivity contribution in [3.63, 3.8) is 0 Å². The molecule has 0 saturated heterocycles. The number of amides is 1. The zero-order chi connectivity index (χ0) is 26.3. The predicted octanol–water partition coefficient (Wildman–Crippen LogP) is 6.68. The second kappa shape index (κ2) is 9.62. The number of carbonyl (C=O) groups excluding carboxylic acids is 2. The lowest BCUT2D eigenvalue weighted by atomic mass is 9.94. The van der Waals surface area contributed by atoms with E-state index in [-0.39, 0.29) is 11.3 Å². The molecular weight excluding hydrogens is 464 g/mol. The van der Waals surface area contributed by atoms with Crippen molar-refractivity contribution in [1.82, 2.24) is 0 Å². The number of anilines is 2. The fraction of sp³-hybridized carbons (Fsp3) is 0.226. The number of aryl methyl sites for hydroxylation is 2. The van der Waals surface area contributed by atoms with Gasteiger partial charge in [-0.2, -0.15) is 0 Å². The molecule has 0 spiro atoms. The third-order valence-corrected chi connectivity index (χ3v) is 6.92. The van der Waals surface area contributed by atoms with Crippen molar-refractivity contribution in [2.24, 2.45) is 0 Å². The smallest absolute Gasteiger partial charge is 0.294 e. The molecule has 0 bridgehead atoms. The van der Waals surface area contributed by atoms with Crippen LogP contribution in [0.5, 0.6) is 0 Å². The first-order valence-corrected chi connectivity index (χ1v) is 12.6. The number of aliphatic hydroxyl groups excluding tert-OH is 1. The largest absolute Gasteiger partial charge is 0.503 e. The summed E-state index contributed by atoms with van der Waals surface area (Å²) in [6.07, 6.45) is 0. The molecule has 0 radical (unpaired) electrons. The van der Waals surface area contributed by atoms with Gasteiger partial charge in [-0.15, -0.1) is 0 Å². The van der Waals surface area contributed by atoms with E-state index < -0.39 is 23.5 Å². The maximum Gasteiger partial charge on any atom is 0.294 e. The van der Waals surface area contributed by atoms with E-state index >= 15 is 0 Å². The summed E-state index contributed by atoms with van der Waals surface area (Å²) in [4.78, 5) is 31.1. The molecule has 6 heteroatoms. The SMILES string of the molecule is CCN(CC)c1ccc(C2C(C(=O)c3cc4ccccc4o3)=C(O)C(=O)N2c2cc(C)cc(C)c2)cc1. The summed E-state index contributed by atoms with van der Waals surface area (Å²) in [5, 5.41) is 11.9. The number of benzene rings is 3. The van der Waals surface area contributed by atoms with Gasteiger partial charge in [0.05, 0.1) is 11.6 Å². The highest BCUT2D eigenvalue weighted by molar-refractivity contribution is 6.20. The number of ketones is 1. The topological polar surface area (TPSA) is 74.0 Å². The number of rotatable bonds is 7. The molecule has 1 unspecified atom stereocenters. The molecule has 3 aromatic carbocycles. The first-order valence-electron chi connectivity index (χ1n) is 12.6. The molecule has 1 N–H and O–H groups in total. The molecular formula is C31H30N2O4. The Morgan fingerprint density at radius 3 is 2.22 bits per heavy atom. The molecule has 0 aliphatic carbocycles. The predicted molar refractivity (Wildman–Crippen MR) is 146 cm³/mol. The summed E-state index contributed by atoms with van der Waals surface area (Å²) in [7, 11) is 0. The van der Waals surface area contributed by atoms with Gasteiger partial charge in [0, 0.05) is 29.9 Å². The molecule has 5 rings (SSSR count). The van der Waals surface area contributed by atoms with Crippen molar-refractivity contribution >= 4 is 34.0 Å². The highest BCUT2D eigenvalue weighted by Gasteiger charge is 2.45. The van der Waals surface area contributed by atoms with E-state index in [1.807, 2.05) is 74.5 Å². The number of hydrogen-bond acceptors (Lipinski definition) is 5. The number of para-hydroxylation sites is 1. The first kappa shape index (κ1) is 24.4. The molecule has 6 nitrogen and oxygen atoms in total. The number of hydrogen-bond donors (Lipinski definition) is 1. The summed E-state index contributed by atoms with van der Waals surface area (Å²) in [6, 6.07) is 21.8. The molecule has 188 valence electrons. The summed E-state index contributed by atoms with van der Waals surface area (Å²) in [6.45, 7) is 9.84. The van der Waals surface area contributed by atoms with E-state index in [1.54, 1.807) is 12.1 Å². The third kappa shape index (κ3) is 4.29. The van der Waals surface area contributed by atoms with E-state index in [4.69, 9.17) is 4.42 Å². The standard InChI is InChI=1S/C31H30N2O4/c1-5-32(6-2)23-13-11-21(12-14-23)28-27(29(34)26-18-22-9-7-8-10-25(22)37-26)30(35)31(36)33(28)24-16-19(3)15-20(4)17-24/h7-18,28,35H,5-6H2,1-4H3. The van der Waals surface area contributed by atoms with Gasteiger partial charge in [0.1, 0.15) is 5.58 Å². The van der Waals surface area contributed by atoms with Crippen LogP contribution in [0.2, 0.25) is 0 Å². The highest BCUT2D eigenvalue weighted by Crippen LogP contribution is 2.43. The van der Waals surface area contributed by atoms with Crippen molar-refractivity contribution in [1.29, 1.82) is 0 Å². The van der Waals surface area contributed by atoms with Crippen molar-refractivity contribution in [2.45, 2.75) is 33.7 Å². The third-order valence-electron chi connectivity index (χ3n) is 6.92. The maximum atomic E-state index is 13.8. The van der Waals surface area contributed by atoms with Gasteiger partial charge in [0.15, 0.2) is 11.5 Å². The second-order valence-electron chi connectivity index (χ2n) is 9.43. The van der Waals surface area contributed by atoms with E-state index in [1.165, 1.54) is 4.90 Å². The van der Waals surface area contributed by atoms with Gasteiger partial charge in [-0.3, -0.25) is 14.5 Å². The minimum absolute atomic E-state index is 0.0128. The molecule has 4 aromatic rings. The fourth-order valence-electron chi connectivity index (χ4n) is 5.19. The van der Waals surface area contributed by atoms with Crippen LogP contribution in [0.15, 0.2) is 88.5 Å². The van der Waals surface area contributed by atoms with Gasteiger partial charge in [-0.25, -0.2) is 0 Å². The van der Waals surface area contributed by atoms with Crippen LogP contribution >= 0.6 is 0 Å². The van der Waals surface area contributed by atoms with Gasteiger partial charge in [0.2, 0.25) is 5.78 Å². The Bertz CT molecular complexity index is 1470. The fourth-order valence-corrected chi connectivity index (χ4v) is 5.19. The van der Waals surface area contributed by atoms with Gasteiger partial charge >= 0.3 is 0 Å². The van der Waals surface area contributed by atoms with Gasteiger partial charge < -0.3 is 14.4 Å². The minimum atomic E-state index is -0.805. The molecule has 1 aromatic heterocycles. The van der Waals surface area contributed by atoms with Crippen LogP contribution in [0.3, 0.4) is 0 Å². The zero-order valence-corrected chi connectivity index (χ0v) is 21.5. The average Bonchev–Trinajstić information content (AvgIpc) is 3.43. The lowest BCUT2D eigenvalue weighted by molar-refractivity contribution is -0.117. The second-order valence-corrected chi connectivity index (χ2v) is 9.43. The molecule has 2 heterocycles. The highest BCUT2D eigenvalue weighted by atomic mass is 16.3. The van der Waals surface area contributed by atoms with Gasteiger partial charge in [0.25, 0.3) is 5.91 Å². The van der Waals surface area contributed by atoms with Crippen LogP contribution in [0, 0.1) is 13.8 Å². The van der Waals surface area contributed by atoms with Crippen LogP contribution < -0.4 is 9.80 Å². The van der Waals surface area contributed by atoms with E-state index in [0.29, 0.717) is 11.3 Å². The Balaban J connectivity index is 1.65. The molecule has 0 fully saturated rings. The zero-order valence-electron chi connectivity index (χ0n) is 21.5. The van der Waals surface area contributed by atoms with Gasteiger partial charge in [-0.05, 0) is 80.8 Å². The quantitative estimate of drug-likeness (QED) is 0.290. The van der Waals surface area contributed by atoms with Crippen LogP contribution in [-0.4, -0.2) is 29.9 Å². The Morgan fingerprint density at radius 2 is 1.59 bits per heavy atom. The molecule has 1 amide bonds. The Hall–Kier alpha value is -4.32. The van der Waals surface area contributed by atoms with Crippen molar-refractivity contribution in [3.8, 4) is 0 Å². The normalized spacial score (nSPS) is 15.6. The number of fused-ring (bicyclic) bond motifs is 1. The molecule has 37 heavy (non-hydrogen) atoms. The molecule has 0 saturated carbocycles. The van der Waals surface area contributed by atoms with Crippen molar-refractivity contribution in [3.05, 3.63) is 107 Å².